The van der Waals surface area contributed by atoms with Crippen LogP contribution in [0, 0.1) is 0 Å². The maximum Gasteiger partial charge on any atom is 0.414 e. The average Bonchev–Trinajstić information content (AvgIpc) is 2.74. The molecule has 11 heteroatoms. The topological polar surface area (TPSA) is 118 Å². The molecule has 9 nitrogen and oxygen atoms in total. The molecule has 2 aliphatic heterocycles. The molecule has 0 spiro atoms. The minimum absolute atomic E-state index is 0.335. The molecule has 2 fully saturated rings. The Morgan fingerprint density at radius 3 is 1.90 bits per heavy atom. The van der Waals surface area contributed by atoms with Crippen molar-refractivity contribution in [3.05, 3.63) is 29.3 Å². The van der Waals surface area contributed by atoms with Gasteiger partial charge in [0, 0.05) is 50.3 Å². The van der Waals surface area contributed by atoms with Gasteiger partial charge in [-0.15, -0.1) is 0 Å². The smallest absolute Gasteiger partial charge is 0.414 e. The molecule has 0 unspecified atom stereocenters. The van der Waals surface area contributed by atoms with Crippen LogP contribution in [0.25, 0.3) is 0 Å². The number of likely N-dealkylation sites (N-methyl/N-ethyl adjacent to an activating group) is 1. The lowest BCUT2D eigenvalue weighted by Crippen LogP contribution is -2.53. The van der Waals surface area contributed by atoms with E-state index in [0.717, 1.165) is 45.6 Å². The largest absolute Gasteiger partial charge is 0.473 e. The number of benzene rings is 1. The van der Waals surface area contributed by atoms with Crippen LogP contribution in [0.2, 0.25) is 5.02 Å². The van der Waals surface area contributed by atoms with Crippen molar-refractivity contribution in [1.29, 1.82) is 0 Å². The van der Waals surface area contributed by atoms with E-state index in [1.54, 1.807) is 28.6 Å². The van der Waals surface area contributed by atoms with E-state index in [1.165, 1.54) is 0 Å². The van der Waals surface area contributed by atoms with E-state index in [2.05, 4.69) is 16.7 Å². The summed E-state index contributed by atoms with van der Waals surface area (Å²) in [6, 6.07) is 6.96. The molecule has 2 saturated heterocycles. The van der Waals surface area contributed by atoms with Crippen molar-refractivity contribution in [3.8, 4) is 0 Å². The second kappa shape index (κ2) is 11.1. The van der Waals surface area contributed by atoms with E-state index in [1.807, 2.05) is 0 Å². The summed E-state index contributed by atoms with van der Waals surface area (Å²) in [6.07, 6.45) is 1.83. The fourth-order valence-electron chi connectivity index (χ4n) is 3.65. The lowest BCUT2D eigenvalue weighted by Gasteiger charge is -2.42. The van der Waals surface area contributed by atoms with Gasteiger partial charge in [-0.2, -0.15) is 4.31 Å². The highest BCUT2D eigenvalue weighted by Crippen LogP contribution is 2.24. The number of aliphatic carboxylic acids is 2. The molecule has 3 rings (SSSR count). The summed E-state index contributed by atoms with van der Waals surface area (Å²) < 4.78 is 27.1. The first-order chi connectivity index (χ1) is 14.1. The van der Waals surface area contributed by atoms with Crippen LogP contribution >= 0.6 is 11.6 Å². The normalized spacial score (nSPS) is 19.7. The van der Waals surface area contributed by atoms with Crippen molar-refractivity contribution < 1.29 is 28.2 Å². The van der Waals surface area contributed by atoms with Crippen molar-refractivity contribution in [2.45, 2.75) is 30.7 Å². The van der Waals surface area contributed by atoms with E-state index < -0.39 is 22.0 Å². The molecular weight excluding hydrogens is 434 g/mol. The monoisotopic (exact) mass is 461 g/mol. The maximum atomic E-state index is 12.7. The highest BCUT2D eigenvalue weighted by molar-refractivity contribution is 7.89. The minimum atomic E-state index is -3.40. The zero-order chi connectivity index (χ0) is 22.3. The number of hydrogen-bond donors (Lipinski definition) is 2. The number of nitrogens with zero attached hydrogens (tertiary/aromatic N) is 3. The molecule has 0 aliphatic carbocycles. The van der Waals surface area contributed by atoms with Gasteiger partial charge in [-0.3, -0.25) is 4.90 Å². The molecule has 0 aromatic heterocycles. The zero-order valence-electron chi connectivity index (χ0n) is 16.9. The van der Waals surface area contributed by atoms with Crippen LogP contribution in [0.1, 0.15) is 19.8 Å². The minimum Gasteiger partial charge on any atom is -0.473 e. The molecule has 168 valence electrons. The molecule has 0 radical (unpaired) electrons. The fourth-order valence-corrected chi connectivity index (χ4v) is 5.24. The fraction of sp³-hybridized carbons (Fsp3) is 0.579. The first-order valence-corrected chi connectivity index (χ1v) is 11.6. The summed E-state index contributed by atoms with van der Waals surface area (Å²) in [5.41, 5.74) is 0. The molecule has 0 bridgehead atoms. The quantitative estimate of drug-likeness (QED) is 0.644. The Kier molecular flexibility index (Phi) is 9.05. The van der Waals surface area contributed by atoms with Gasteiger partial charge in [-0.05, 0) is 43.7 Å². The summed E-state index contributed by atoms with van der Waals surface area (Å²) in [7, 11) is -3.40. The van der Waals surface area contributed by atoms with Gasteiger partial charge in [0.05, 0.1) is 4.90 Å². The van der Waals surface area contributed by atoms with Crippen LogP contribution < -0.4 is 0 Å². The second-order valence-electron chi connectivity index (χ2n) is 7.17. The highest BCUT2D eigenvalue weighted by atomic mass is 35.5. The van der Waals surface area contributed by atoms with Crippen molar-refractivity contribution in [2.75, 3.05) is 45.8 Å². The Morgan fingerprint density at radius 1 is 0.967 bits per heavy atom. The molecule has 1 aromatic carbocycles. The molecule has 0 amide bonds. The third kappa shape index (κ3) is 6.64. The van der Waals surface area contributed by atoms with E-state index in [4.69, 9.17) is 31.4 Å². The van der Waals surface area contributed by atoms with E-state index in [0.29, 0.717) is 29.0 Å². The number of piperidine rings is 1. The highest BCUT2D eigenvalue weighted by Gasteiger charge is 2.32. The van der Waals surface area contributed by atoms with Crippen LogP contribution in [-0.2, 0) is 19.6 Å². The molecule has 0 saturated carbocycles. The lowest BCUT2D eigenvalue weighted by atomic mass is 10.0. The number of rotatable bonds is 4. The van der Waals surface area contributed by atoms with Gasteiger partial charge in [0.15, 0.2) is 0 Å². The van der Waals surface area contributed by atoms with Crippen molar-refractivity contribution >= 4 is 33.6 Å². The third-order valence-corrected chi connectivity index (χ3v) is 7.59. The Labute approximate surface area is 181 Å². The third-order valence-electron chi connectivity index (χ3n) is 5.43. The molecular formula is C19H28ClN3O6S. The summed E-state index contributed by atoms with van der Waals surface area (Å²) >= 11 is 5.86. The number of carbonyl (C=O) groups is 2. The predicted molar refractivity (Wildman–Crippen MR) is 112 cm³/mol. The Hall–Kier alpha value is -1.72. The van der Waals surface area contributed by atoms with Crippen LogP contribution in [-0.4, -0.2) is 96.5 Å². The van der Waals surface area contributed by atoms with Crippen molar-refractivity contribution in [2.24, 2.45) is 0 Å². The molecule has 2 N–H and O–H groups in total. The molecule has 2 aliphatic rings. The van der Waals surface area contributed by atoms with E-state index >= 15 is 0 Å². The van der Waals surface area contributed by atoms with Gasteiger partial charge in [0.2, 0.25) is 10.0 Å². The number of carboxylic acids is 2. The maximum absolute atomic E-state index is 12.7. The lowest BCUT2D eigenvalue weighted by molar-refractivity contribution is -0.159. The second-order valence-corrected chi connectivity index (χ2v) is 9.54. The van der Waals surface area contributed by atoms with Gasteiger partial charge in [-0.1, -0.05) is 18.5 Å². The van der Waals surface area contributed by atoms with Crippen LogP contribution in [0.3, 0.4) is 0 Å². The van der Waals surface area contributed by atoms with Gasteiger partial charge in [-0.25, -0.2) is 18.0 Å². The Balaban J connectivity index is 0.000000469. The van der Waals surface area contributed by atoms with Crippen LogP contribution in [0.4, 0.5) is 0 Å². The number of carboxylic acid groups (broad SMARTS) is 2. The molecule has 30 heavy (non-hydrogen) atoms. The number of sulfonamides is 1. The van der Waals surface area contributed by atoms with Gasteiger partial charge >= 0.3 is 11.9 Å². The Morgan fingerprint density at radius 2 is 1.47 bits per heavy atom. The first-order valence-electron chi connectivity index (χ1n) is 9.83. The summed E-state index contributed by atoms with van der Waals surface area (Å²) in [6.45, 7) is 8.97. The predicted octanol–water partition coefficient (Wildman–Crippen LogP) is 1.29. The summed E-state index contributed by atoms with van der Waals surface area (Å²) in [5.74, 6) is -3.65. The van der Waals surface area contributed by atoms with Crippen molar-refractivity contribution in [1.82, 2.24) is 14.1 Å². The standard InChI is InChI=1S/C17H26ClN3O2S.C2H2O4/c1-2-19-11-13-20(14-12-19)16-7-9-21(10-8-16)24(22,23)17-5-3-15(18)4-6-17;3-1(4)2(5)6/h3-6,16H,2,7-14H2,1H3;(H,3,4)(H,5,6). The van der Waals surface area contributed by atoms with Crippen LogP contribution in [0.15, 0.2) is 29.2 Å². The van der Waals surface area contributed by atoms with E-state index in [-0.39, 0.29) is 0 Å². The zero-order valence-corrected chi connectivity index (χ0v) is 18.5. The van der Waals surface area contributed by atoms with Gasteiger partial charge < -0.3 is 15.1 Å². The van der Waals surface area contributed by atoms with E-state index in [9.17, 15) is 8.42 Å². The number of hydrogen-bond acceptors (Lipinski definition) is 6. The first kappa shape index (κ1) is 24.5. The van der Waals surface area contributed by atoms with Crippen LogP contribution in [0.5, 0.6) is 0 Å². The molecule has 2 heterocycles. The number of halogens is 1. The van der Waals surface area contributed by atoms with Gasteiger partial charge in [0.25, 0.3) is 0 Å². The van der Waals surface area contributed by atoms with Gasteiger partial charge in [0.1, 0.15) is 0 Å². The Bertz CT molecular complexity index is 805. The summed E-state index contributed by atoms with van der Waals surface area (Å²) in [4.78, 5) is 23.5. The SMILES string of the molecule is CCN1CCN(C2CCN(S(=O)(=O)c3ccc(Cl)cc3)CC2)CC1.O=C(O)C(=O)O. The molecule has 1 aromatic rings. The molecule has 0 atom stereocenters. The summed E-state index contributed by atoms with van der Waals surface area (Å²) in [5, 5.41) is 15.3. The average molecular weight is 462 g/mol. The number of piperazine rings is 1. The van der Waals surface area contributed by atoms with Crippen molar-refractivity contribution in [3.63, 3.8) is 0 Å².